The van der Waals surface area contributed by atoms with Gasteiger partial charge in [-0.1, -0.05) is 0 Å². The number of ether oxygens (including phenoxy) is 1. The van der Waals surface area contributed by atoms with Gasteiger partial charge in [-0.2, -0.15) is 5.26 Å². The Hall–Kier alpha value is -3.73. The quantitative estimate of drug-likeness (QED) is 0.651. The second-order valence-corrected chi connectivity index (χ2v) is 5.95. The highest BCUT2D eigenvalue weighted by Crippen LogP contribution is 2.27. The van der Waals surface area contributed by atoms with Crippen LogP contribution in [0.3, 0.4) is 0 Å². The number of fused-ring (bicyclic) bond motifs is 1. The highest BCUT2D eigenvalue weighted by atomic mass is 19.1. The van der Waals surface area contributed by atoms with E-state index in [2.05, 4.69) is 15.0 Å². The minimum atomic E-state index is -0.624. The fraction of sp³-hybridized carbons (Fsp3) is 0.158. The molecule has 0 saturated carbocycles. The monoisotopic (exact) mass is 365 g/mol. The van der Waals surface area contributed by atoms with E-state index in [0.29, 0.717) is 16.8 Å². The maximum Gasteiger partial charge on any atom is 0.250 e. The SMILES string of the molecule is C[C@H](C#N)COc1ncc(-c2cnc3[nH]cc(C=CC(N)=O)c3c2)cc1F. The number of halogens is 1. The van der Waals surface area contributed by atoms with Crippen molar-refractivity contribution in [1.29, 1.82) is 5.26 Å². The molecule has 3 heterocycles. The molecule has 0 unspecified atom stereocenters. The Bertz CT molecular complexity index is 1070. The van der Waals surface area contributed by atoms with Gasteiger partial charge in [0.2, 0.25) is 11.8 Å². The number of nitrogens with zero attached hydrogens (tertiary/aromatic N) is 3. The Morgan fingerprint density at radius 1 is 1.41 bits per heavy atom. The molecule has 3 aromatic rings. The summed E-state index contributed by atoms with van der Waals surface area (Å²) in [7, 11) is 0. The van der Waals surface area contributed by atoms with Crippen LogP contribution in [0, 0.1) is 23.1 Å². The molecule has 3 N–H and O–H groups in total. The zero-order valence-electron chi connectivity index (χ0n) is 14.4. The summed E-state index contributed by atoms with van der Waals surface area (Å²) in [6.45, 7) is 1.74. The number of aromatic amines is 1. The number of pyridine rings is 2. The lowest BCUT2D eigenvalue weighted by atomic mass is 10.1. The van der Waals surface area contributed by atoms with Crippen molar-refractivity contribution >= 4 is 23.0 Å². The second-order valence-electron chi connectivity index (χ2n) is 5.95. The first-order valence-corrected chi connectivity index (χ1v) is 8.11. The van der Waals surface area contributed by atoms with Crippen LogP contribution in [0.4, 0.5) is 4.39 Å². The third-order valence-corrected chi connectivity index (χ3v) is 3.82. The van der Waals surface area contributed by atoms with Crippen LogP contribution in [0.15, 0.2) is 36.8 Å². The van der Waals surface area contributed by atoms with Gasteiger partial charge >= 0.3 is 0 Å². The normalized spacial score (nSPS) is 12.2. The maximum atomic E-state index is 14.3. The van der Waals surface area contributed by atoms with E-state index in [4.69, 9.17) is 15.7 Å². The summed E-state index contributed by atoms with van der Waals surface area (Å²) in [4.78, 5) is 22.2. The molecule has 1 atom stereocenters. The summed E-state index contributed by atoms with van der Waals surface area (Å²) >= 11 is 0. The molecule has 8 heteroatoms. The fourth-order valence-corrected chi connectivity index (χ4v) is 2.42. The van der Waals surface area contributed by atoms with Crippen LogP contribution in [0.5, 0.6) is 5.88 Å². The lowest BCUT2D eigenvalue weighted by Crippen LogP contribution is -2.08. The van der Waals surface area contributed by atoms with Gasteiger partial charge in [0.25, 0.3) is 0 Å². The van der Waals surface area contributed by atoms with E-state index in [0.717, 1.165) is 10.9 Å². The van der Waals surface area contributed by atoms with Crippen molar-refractivity contribution in [2.24, 2.45) is 11.7 Å². The van der Waals surface area contributed by atoms with Gasteiger partial charge < -0.3 is 15.5 Å². The van der Waals surface area contributed by atoms with E-state index < -0.39 is 11.7 Å². The van der Waals surface area contributed by atoms with Gasteiger partial charge in [0, 0.05) is 46.7 Å². The molecule has 1 amide bonds. The van der Waals surface area contributed by atoms with Gasteiger partial charge in [0.1, 0.15) is 12.3 Å². The largest absolute Gasteiger partial charge is 0.474 e. The molecule has 27 heavy (non-hydrogen) atoms. The Kier molecular flexibility index (Phi) is 5.13. The number of nitriles is 1. The van der Waals surface area contributed by atoms with Crippen LogP contribution in [0.1, 0.15) is 12.5 Å². The summed E-state index contributed by atoms with van der Waals surface area (Å²) < 4.78 is 19.5. The molecule has 0 aliphatic carbocycles. The number of H-pyrrole nitrogens is 1. The molecule has 3 rings (SSSR count). The van der Waals surface area contributed by atoms with Crippen LogP contribution >= 0.6 is 0 Å². The average molecular weight is 365 g/mol. The standard InChI is InChI=1S/C19H16FN5O2/c1-11(6-21)10-27-19-16(20)5-14(9-25-19)13-4-15-12(2-3-17(22)26)7-23-18(15)24-8-13/h2-5,7-9,11H,10H2,1H3,(H2,22,26)(H,23,24)/t11-/m1/s1. The number of hydrogen-bond donors (Lipinski definition) is 2. The van der Waals surface area contributed by atoms with Gasteiger partial charge in [-0.25, -0.2) is 14.4 Å². The first-order valence-electron chi connectivity index (χ1n) is 8.11. The smallest absolute Gasteiger partial charge is 0.250 e. The number of hydrogen-bond acceptors (Lipinski definition) is 5. The molecule has 0 aromatic carbocycles. The fourth-order valence-electron chi connectivity index (χ4n) is 2.42. The number of rotatable bonds is 6. The van der Waals surface area contributed by atoms with Crippen LogP contribution in [0.2, 0.25) is 0 Å². The summed E-state index contributed by atoms with van der Waals surface area (Å²) in [5, 5.41) is 9.51. The van der Waals surface area contributed by atoms with Crippen molar-refractivity contribution in [3.05, 3.63) is 48.2 Å². The second kappa shape index (κ2) is 7.66. The number of nitrogens with one attached hydrogen (secondary N) is 1. The molecular weight excluding hydrogens is 349 g/mol. The zero-order chi connectivity index (χ0) is 19.4. The summed E-state index contributed by atoms with van der Waals surface area (Å²) in [6, 6.07) is 5.12. The highest BCUT2D eigenvalue weighted by Gasteiger charge is 2.11. The summed E-state index contributed by atoms with van der Waals surface area (Å²) in [5.41, 5.74) is 7.66. The molecule has 0 saturated heterocycles. The third-order valence-electron chi connectivity index (χ3n) is 3.82. The molecule has 0 aliphatic rings. The lowest BCUT2D eigenvalue weighted by Gasteiger charge is -2.08. The number of carbonyl (C=O) groups excluding carboxylic acids is 1. The van der Waals surface area contributed by atoms with Crippen LogP contribution in [0.25, 0.3) is 28.2 Å². The Balaban J connectivity index is 1.91. The van der Waals surface area contributed by atoms with Crippen LogP contribution < -0.4 is 10.5 Å². The van der Waals surface area contributed by atoms with Crippen molar-refractivity contribution in [2.45, 2.75) is 6.92 Å². The van der Waals surface area contributed by atoms with E-state index >= 15 is 0 Å². The molecule has 0 aliphatic heterocycles. The molecular formula is C19H16FN5O2. The van der Waals surface area contributed by atoms with Crippen molar-refractivity contribution in [1.82, 2.24) is 15.0 Å². The zero-order valence-corrected chi connectivity index (χ0v) is 14.4. The van der Waals surface area contributed by atoms with E-state index in [1.165, 1.54) is 18.3 Å². The lowest BCUT2D eigenvalue weighted by molar-refractivity contribution is -0.113. The Labute approximate surface area is 154 Å². The number of carbonyl (C=O) groups is 1. The first kappa shape index (κ1) is 18.1. The predicted octanol–water partition coefficient (Wildman–Crippen LogP) is 2.80. The van der Waals surface area contributed by atoms with E-state index in [1.807, 2.05) is 12.1 Å². The van der Waals surface area contributed by atoms with Gasteiger partial charge in [-0.15, -0.1) is 0 Å². The third kappa shape index (κ3) is 4.10. The van der Waals surface area contributed by atoms with Crippen LogP contribution in [-0.2, 0) is 4.79 Å². The molecule has 136 valence electrons. The number of aromatic nitrogens is 3. The number of primary amides is 1. The van der Waals surface area contributed by atoms with Crippen molar-refractivity contribution in [3.63, 3.8) is 0 Å². The molecule has 0 bridgehead atoms. The highest BCUT2D eigenvalue weighted by molar-refractivity contribution is 5.95. The van der Waals surface area contributed by atoms with Gasteiger partial charge in [0.15, 0.2) is 5.82 Å². The minimum Gasteiger partial charge on any atom is -0.474 e. The van der Waals surface area contributed by atoms with Gasteiger partial charge in [-0.3, -0.25) is 4.79 Å². The van der Waals surface area contributed by atoms with Crippen LogP contribution in [-0.4, -0.2) is 27.5 Å². The molecule has 3 aromatic heterocycles. The average Bonchev–Trinajstić information content (AvgIpc) is 3.07. The molecule has 0 fully saturated rings. The summed E-state index contributed by atoms with van der Waals surface area (Å²) in [6.07, 6.45) is 7.61. The van der Waals surface area contributed by atoms with Gasteiger partial charge in [0.05, 0.1) is 12.0 Å². The molecule has 7 nitrogen and oxygen atoms in total. The number of nitrogens with two attached hydrogens (primary N) is 1. The van der Waals surface area contributed by atoms with Crippen molar-refractivity contribution in [2.75, 3.05) is 6.61 Å². The Morgan fingerprint density at radius 3 is 2.85 bits per heavy atom. The van der Waals surface area contributed by atoms with E-state index in [-0.39, 0.29) is 18.4 Å². The topological polar surface area (TPSA) is 118 Å². The number of amides is 1. The van der Waals surface area contributed by atoms with Crippen molar-refractivity contribution < 1.29 is 13.9 Å². The first-order chi connectivity index (χ1) is 13.0. The maximum absolute atomic E-state index is 14.3. The predicted molar refractivity (Wildman–Crippen MR) is 97.8 cm³/mol. The summed E-state index contributed by atoms with van der Waals surface area (Å²) in [5.74, 6) is -1.69. The van der Waals surface area contributed by atoms with E-state index in [1.54, 1.807) is 25.4 Å². The Morgan fingerprint density at radius 2 is 2.15 bits per heavy atom. The van der Waals surface area contributed by atoms with Gasteiger partial charge in [-0.05, 0) is 25.1 Å². The van der Waals surface area contributed by atoms with E-state index in [9.17, 15) is 9.18 Å². The van der Waals surface area contributed by atoms with Crippen molar-refractivity contribution in [3.8, 4) is 23.1 Å². The minimum absolute atomic E-state index is 0.0617. The molecule has 0 spiro atoms. The molecule has 0 radical (unpaired) electrons.